The van der Waals surface area contributed by atoms with E-state index >= 15 is 0 Å². The van der Waals surface area contributed by atoms with Crippen molar-refractivity contribution >= 4 is 5.97 Å². The Hall–Kier alpha value is -1.66. The van der Waals surface area contributed by atoms with Gasteiger partial charge in [-0.3, -0.25) is 0 Å². The number of nitrogens with zero attached hydrogens (tertiary/aromatic N) is 1. The van der Waals surface area contributed by atoms with E-state index in [0.717, 1.165) is 0 Å². The third-order valence-corrected chi connectivity index (χ3v) is 2.47. The second kappa shape index (κ2) is 4.91. The van der Waals surface area contributed by atoms with Gasteiger partial charge in [0.2, 0.25) is 5.88 Å². The number of rotatable bonds is 4. The van der Waals surface area contributed by atoms with Gasteiger partial charge in [-0.2, -0.15) is 0 Å². The molecular formula is C12H15NO5. The Bertz CT molecular complexity index is 446. The van der Waals surface area contributed by atoms with Crippen LogP contribution in [-0.2, 0) is 9.47 Å². The minimum absolute atomic E-state index is 0.143. The van der Waals surface area contributed by atoms with Gasteiger partial charge in [-0.15, -0.1) is 0 Å². The molecule has 0 radical (unpaired) electrons. The normalized spacial score (nSPS) is 21.8. The molecule has 1 fully saturated rings. The average Bonchev–Trinajstić information content (AvgIpc) is 2.67. The highest BCUT2D eigenvalue weighted by Crippen LogP contribution is 2.22. The van der Waals surface area contributed by atoms with Crippen LogP contribution >= 0.6 is 0 Å². The van der Waals surface area contributed by atoms with E-state index in [-0.39, 0.29) is 24.2 Å². The first kappa shape index (κ1) is 12.8. The van der Waals surface area contributed by atoms with E-state index in [1.54, 1.807) is 0 Å². The lowest BCUT2D eigenvalue weighted by atomic mass is 10.3. The summed E-state index contributed by atoms with van der Waals surface area (Å²) in [5.74, 6) is -1.34. The van der Waals surface area contributed by atoms with Crippen LogP contribution in [0.25, 0.3) is 0 Å². The van der Waals surface area contributed by atoms with Gasteiger partial charge in [-0.05, 0) is 19.9 Å². The zero-order valence-corrected chi connectivity index (χ0v) is 10.3. The predicted octanol–water partition coefficient (Wildman–Crippen LogP) is 1.31. The van der Waals surface area contributed by atoms with Gasteiger partial charge in [0.05, 0.1) is 12.2 Å². The Morgan fingerprint density at radius 2 is 2.44 bits per heavy atom. The van der Waals surface area contributed by atoms with E-state index < -0.39 is 11.8 Å². The monoisotopic (exact) mass is 253 g/mol. The fourth-order valence-corrected chi connectivity index (χ4v) is 1.64. The van der Waals surface area contributed by atoms with Gasteiger partial charge in [-0.1, -0.05) is 0 Å². The summed E-state index contributed by atoms with van der Waals surface area (Å²) in [5, 5.41) is 8.83. The Morgan fingerprint density at radius 3 is 3.06 bits per heavy atom. The lowest BCUT2D eigenvalue weighted by Crippen LogP contribution is -2.25. The standard InChI is InChI=1S/C12H15NO5/c1-12(2)17-7-9(18-12)6-16-10-5-8(11(14)15)3-4-13-10/h3-5,9H,6-7H2,1-2H3,(H,14,15)/t9-/m0/s1. The van der Waals surface area contributed by atoms with Crippen molar-refractivity contribution in [1.29, 1.82) is 0 Å². The Kier molecular flexibility index (Phi) is 3.49. The quantitative estimate of drug-likeness (QED) is 0.871. The van der Waals surface area contributed by atoms with E-state index in [1.807, 2.05) is 13.8 Å². The van der Waals surface area contributed by atoms with Crippen LogP contribution in [0, 0.1) is 0 Å². The van der Waals surface area contributed by atoms with Crippen molar-refractivity contribution in [2.24, 2.45) is 0 Å². The van der Waals surface area contributed by atoms with E-state index in [0.29, 0.717) is 6.61 Å². The number of carboxylic acid groups (broad SMARTS) is 1. The number of hydrogen-bond donors (Lipinski definition) is 1. The Labute approximate surface area is 104 Å². The van der Waals surface area contributed by atoms with Gasteiger partial charge in [0.15, 0.2) is 5.79 Å². The molecule has 0 bridgehead atoms. The van der Waals surface area contributed by atoms with E-state index in [2.05, 4.69) is 4.98 Å². The zero-order chi connectivity index (χ0) is 13.2. The van der Waals surface area contributed by atoms with Gasteiger partial charge in [0, 0.05) is 12.3 Å². The van der Waals surface area contributed by atoms with Crippen LogP contribution in [0.5, 0.6) is 5.88 Å². The molecule has 1 N–H and O–H groups in total. The van der Waals surface area contributed by atoms with Crippen molar-refractivity contribution in [1.82, 2.24) is 4.98 Å². The Morgan fingerprint density at radius 1 is 1.67 bits per heavy atom. The highest BCUT2D eigenvalue weighted by molar-refractivity contribution is 5.87. The topological polar surface area (TPSA) is 77.9 Å². The maximum Gasteiger partial charge on any atom is 0.335 e. The summed E-state index contributed by atoms with van der Waals surface area (Å²) in [4.78, 5) is 14.7. The molecule has 0 spiro atoms. The number of aromatic carboxylic acids is 1. The van der Waals surface area contributed by atoms with Crippen LogP contribution in [0.15, 0.2) is 18.3 Å². The van der Waals surface area contributed by atoms with E-state index in [4.69, 9.17) is 19.3 Å². The fraction of sp³-hybridized carbons (Fsp3) is 0.500. The molecule has 18 heavy (non-hydrogen) atoms. The van der Waals surface area contributed by atoms with Gasteiger partial charge in [0.25, 0.3) is 0 Å². The van der Waals surface area contributed by atoms with Crippen LogP contribution in [0.1, 0.15) is 24.2 Å². The molecule has 1 aromatic rings. The number of carbonyl (C=O) groups is 1. The summed E-state index contributed by atoms with van der Waals surface area (Å²) in [6.07, 6.45) is 1.23. The molecule has 1 saturated heterocycles. The molecule has 98 valence electrons. The zero-order valence-electron chi connectivity index (χ0n) is 10.3. The summed E-state index contributed by atoms with van der Waals surface area (Å²) in [6, 6.07) is 2.79. The van der Waals surface area contributed by atoms with Gasteiger partial charge in [0.1, 0.15) is 12.7 Å². The van der Waals surface area contributed by atoms with Crippen molar-refractivity contribution in [2.75, 3.05) is 13.2 Å². The number of carboxylic acids is 1. The number of pyridine rings is 1. The largest absolute Gasteiger partial charge is 0.478 e. The van der Waals surface area contributed by atoms with Crippen molar-refractivity contribution in [3.8, 4) is 5.88 Å². The van der Waals surface area contributed by atoms with Crippen LogP contribution in [-0.4, -0.2) is 41.2 Å². The minimum atomic E-state index is -1.01. The molecular weight excluding hydrogens is 238 g/mol. The summed E-state index contributed by atoms with van der Waals surface area (Å²) in [5.41, 5.74) is 0.143. The minimum Gasteiger partial charge on any atom is -0.478 e. The molecule has 1 aliphatic rings. The first-order valence-corrected chi connectivity index (χ1v) is 5.60. The van der Waals surface area contributed by atoms with Crippen molar-refractivity contribution in [3.05, 3.63) is 23.9 Å². The molecule has 0 amide bonds. The third kappa shape index (κ3) is 3.18. The molecule has 1 aliphatic heterocycles. The molecule has 1 atom stereocenters. The third-order valence-electron chi connectivity index (χ3n) is 2.47. The summed E-state index contributed by atoms with van der Waals surface area (Å²) >= 11 is 0. The molecule has 0 aromatic carbocycles. The molecule has 2 rings (SSSR count). The smallest absolute Gasteiger partial charge is 0.335 e. The summed E-state index contributed by atoms with van der Waals surface area (Å²) in [6.45, 7) is 4.39. The van der Waals surface area contributed by atoms with Crippen molar-refractivity contribution < 1.29 is 24.1 Å². The SMILES string of the molecule is CC1(C)OC[C@H](COc2cc(C(=O)O)ccn2)O1. The second-order valence-corrected chi connectivity index (χ2v) is 4.45. The van der Waals surface area contributed by atoms with Crippen LogP contribution < -0.4 is 4.74 Å². The van der Waals surface area contributed by atoms with Gasteiger partial charge >= 0.3 is 5.97 Å². The molecule has 0 aliphatic carbocycles. The van der Waals surface area contributed by atoms with Gasteiger partial charge in [-0.25, -0.2) is 9.78 Å². The highest BCUT2D eigenvalue weighted by Gasteiger charge is 2.33. The molecule has 1 aromatic heterocycles. The summed E-state index contributed by atoms with van der Waals surface area (Å²) < 4.78 is 16.3. The fourth-order valence-electron chi connectivity index (χ4n) is 1.64. The lowest BCUT2D eigenvalue weighted by Gasteiger charge is -2.17. The van der Waals surface area contributed by atoms with Crippen molar-refractivity contribution in [2.45, 2.75) is 25.7 Å². The molecule has 6 nitrogen and oxygen atoms in total. The molecule has 2 heterocycles. The molecule has 0 saturated carbocycles. The predicted molar refractivity (Wildman–Crippen MR) is 61.6 cm³/mol. The molecule has 0 unspecified atom stereocenters. The maximum absolute atomic E-state index is 10.8. The average molecular weight is 253 g/mol. The first-order chi connectivity index (χ1) is 8.46. The lowest BCUT2D eigenvalue weighted by molar-refractivity contribution is -0.141. The Balaban J connectivity index is 1.91. The molecule has 6 heteroatoms. The first-order valence-electron chi connectivity index (χ1n) is 5.60. The summed E-state index contributed by atoms with van der Waals surface area (Å²) in [7, 11) is 0. The second-order valence-electron chi connectivity index (χ2n) is 4.45. The van der Waals surface area contributed by atoms with E-state index in [9.17, 15) is 4.79 Å². The highest BCUT2D eigenvalue weighted by atomic mass is 16.7. The van der Waals surface area contributed by atoms with Gasteiger partial charge < -0.3 is 19.3 Å². The van der Waals surface area contributed by atoms with E-state index in [1.165, 1.54) is 18.3 Å². The number of hydrogen-bond acceptors (Lipinski definition) is 5. The maximum atomic E-state index is 10.8. The van der Waals surface area contributed by atoms with Crippen molar-refractivity contribution in [3.63, 3.8) is 0 Å². The van der Waals surface area contributed by atoms with Crippen LogP contribution in [0.3, 0.4) is 0 Å². The van der Waals surface area contributed by atoms with Crippen LogP contribution in [0.2, 0.25) is 0 Å². The van der Waals surface area contributed by atoms with Crippen LogP contribution in [0.4, 0.5) is 0 Å². The number of aromatic nitrogens is 1. The number of ether oxygens (including phenoxy) is 3.